The molecule has 0 bridgehead atoms. The number of nitrogens with zero attached hydrogens (tertiary/aromatic N) is 4. The number of tetrazole rings is 1. The molecule has 0 saturated carbocycles. The van der Waals surface area contributed by atoms with E-state index in [-0.39, 0.29) is 12.4 Å². The Hall–Kier alpha value is -2.74. The molecular weight excluding hydrogens is 277 g/mol. The number of halogens is 1. The van der Waals surface area contributed by atoms with Crippen molar-refractivity contribution >= 4 is 5.69 Å². The lowest BCUT2D eigenvalue weighted by atomic mass is 10.2. The maximum atomic E-state index is 13.8. The fourth-order valence-corrected chi connectivity index (χ4v) is 1.86. The van der Waals surface area contributed by atoms with Gasteiger partial charge in [-0.2, -0.15) is 0 Å². The number of hydrogen-bond acceptors (Lipinski definition) is 6. The van der Waals surface area contributed by atoms with Crippen molar-refractivity contribution < 1.29 is 13.9 Å². The van der Waals surface area contributed by atoms with Crippen molar-refractivity contribution in [3.8, 4) is 5.69 Å². The first kappa shape index (κ1) is 13.3. The van der Waals surface area contributed by atoms with Gasteiger partial charge in [-0.1, -0.05) is 0 Å². The van der Waals surface area contributed by atoms with Crippen LogP contribution in [0.2, 0.25) is 0 Å². The van der Waals surface area contributed by atoms with E-state index in [1.807, 2.05) is 0 Å². The quantitative estimate of drug-likeness (QED) is 0.740. The van der Waals surface area contributed by atoms with E-state index >= 15 is 0 Å². The number of furan rings is 1. The fourth-order valence-electron chi connectivity index (χ4n) is 1.86. The predicted molar refractivity (Wildman–Crippen MR) is 71.1 cm³/mol. The summed E-state index contributed by atoms with van der Waals surface area (Å²) in [6.07, 6.45) is 1.43. The molecule has 0 aliphatic carbocycles. The van der Waals surface area contributed by atoms with E-state index in [2.05, 4.69) is 20.8 Å². The molecule has 2 N–H and O–H groups in total. The summed E-state index contributed by atoms with van der Waals surface area (Å²) in [5.41, 5.74) is 0.948. The van der Waals surface area contributed by atoms with Gasteiger partial charge in [-0.15, -0.1) is 5.10 Å². The third-order valence-corrected chi connectivity index (χ3v) is 2.89. The molecule has 0 spiro atoms. The molecule has 2 heterocycles. The summed E-state index contributed by atoms with van der Waals surface area (Å²) in [7, 11) is 0. The second-order valence-electron chi connectivity index (χ2n) is 4.30. The highest BCUT2D eigenvalue weighted by atomic mass is 19.1. The standard InChI is InChI=1S/C13H12FN5O2/c14-12-4-1-9(19-8-16-17-18-19)5-13(12)15-6-10-2-3-11(7-20)21-10/h1-5,8,15,20H,6-7H2. The molecule has 0 amide bonds. The van der Waals surface area contributed by atoms with Gasteiger partial charge in [0.05, 0.1) is 17.9 Å². The van der Waals surface area contributed by atoms with Crippen LogP contribution in [0.25, 0.3) is 5.69 Å². The van der Waals surface area contributed by atoms with E-state index in [1.54, 1.807) is 24.3 Å². The van der Waals surface area contributed by atoms with E-state index in [4.69, 9.17) is 9.52 Å². The van der Waals surface area contributed by atoms with Crippen LogP contribution < -0.4 is 5.32 Å². The van der Waals surface area contributed by atoms with Crippen LogP contribution in [-0.2, 0) is 13.2 Å². The third kappa shape index (κ3) is 2.90. The number of aliphatic hydroxyl groups excluding tert-OH is 1. The van der Waals surface area contributed by atoms with Crippen LogP contribution in [0.15, 0.2) is 41.1 Å². The Morgan fingerprint density at radius 3 is 2.81 bits per heavy atom. The van der Waals surface area contributed by atoms with Crippen LogP contribution in [0, 0.1) is 5.82 Å². The number of rotatable bonds is 5. The molecule has 3 aromatic rings. The van der Waals surface area contributed by atoms with Crippen LogP contribution >= 0.6 is 0 Å². The lowest BCUT2D eigenvalue weighted by molar-refractivity contribution is 0.244. The lowest BCUT2D eigenvalue weighted by Crippen LogP contribution is -2.03. The minimum Gasteiger partial charge on any atom is -0.462 e. The average Bonchev–Trinajstić information content (AvgIpc) is 3.18. The Bertz CT molecular complexity index is 726. The van der Waals surface area contributed by atoms with Crippen molar-refractivity contribution in [3.05, 3.63) is 54.0 Å². The van der Waals surface area contributed by atoms with E-state index in [0.29, 0.717) is 29.4 Å². The smallest absolute Gasteiger partial charge is 0.146 e. The van der Waals surface area contributed by atoms with Crippen LogP contribution in [0.1, 0.15) is 11.5 Å². The number of benzene rings is 1. The molecule has 108 valence electrons. The number of hydrogen-bond donors (Lipinski definition) is 2. The van der Waals surface area contributed by atoms with Crippen molar-refractivity contribution in [1.29, 1.82) is 0 Å². The van der Waals surface area contributed by atoms with Crippen LogP contribution in [0.3, 0.4) is 0 Å². The first-order chi connectivity index (χ1) is 10.3. The summed E-state index contributed by atoms with van der Waals surface area (Å²) >= 11 is 0. The zero-order chi connectivity index (χ0) is 14.7. The number of aromatic nitrogens is 4. The molecule has 0 aliphatic heterocycles. The van der Waals surface area contributed by atoms with Crippen molar-refractivity contribution in [3.63, 3.8) is 0 Å². The molecule has 0 saturated heterocycles. The minimum atomic E-state index is -0.388. The van der Waals surface area contributed by atoms with Gasteiger partial charge in [0.25, 0.3) is 0 Å². The lowest BCUT2D eigenvalue weighted by Gasteiger charge is -2.08. The normalized spacial score (nSPS) is 10.8. The second-order valence-corrected chi connectivity index (χ2v) is 4.30. The molecule has 0 atom stereocenters. The van der Waals surface area contributed by atoms with Crippen molar-refractivity contribution in [2.75, 3.05) is 5.32 Å². The van der Waals surface area contributed by atoms with Gasteiger partial charge >= 0.3 is 0 Å². The molecule has 2 aromatic heterocycles. The minimum absolute atomic E-state index is 0.164. The van der Waals surface area contributed by atoms with Crippen LogP contribution in [0.5, 0.6) is 0 Å². The van der Waals surface area contributed by atoms with Gasteiger partial charge in [0.15, 0.2) is 0 Å². The number of nitrogens with one attached hydrogen (secondary N) is 1. The van der Waals surface area contributed by atoms with Gasteiger partial charge in [-0.3, -0.25) is 0 Å². The molecule has 21 heavy (non-hydrogen) atoms. The molecular formula is C13H12FN5O2. The molecule has 8 heteroatoms. The van der Waals surface area contributed by atoms with E-state index in [1.165, 1.54) is 17.1 Å². The number of anilines is 1. The topological polar surface area (TPSA) is 89.0 Å². The van der Waals surface area contributed by atoms with Gasteiger partial charge in [0.2, 0.25) is 0 Å². The summed E-state index contributed by atoms with van der Waals surface area (Å²) in [5, 5.41) is 22.7. The Morgan fingerprint density at radius 1 is 1.24 bits per heavy atom. The highest BCUT2D eigenvalue weighted by Crippen LogP contribution is 2.19. The Morgan fingerprint density at radius 2 is 2.10 bits per heavy atom. The Balaban J connectivity index is 1.76. The maximum Gasteiger partial charge on any atom is 0.146 e. The zero-order valence-electron chi connectivity index (χ0n) is 10.9. The van der Waals surface area contributed by atoms with Gasteiger partial charge in [0.1, 0.15) is 30.3 Å². The first-order valence-corrected chi connectivity index (χ1v) is 6.21. The van der Waals surface area contributed by atoms with Gasteiger partial charge < -0.3 is 14.8 Å². The Labute approximate surface area is 119 Å². The van der Waals surface area contributed by atoms with E-state index < -0.39 is 0 Å². The second kappa shape index (κ2) is 5.71. The highest BCUT2D eigenvalue weighted by Gasteiger charge is 2.07. The van der Waals surface area contributed by atoms with E-state index in [0.717, 1.165) is 0 Å². The third-order valence-electron chi connectivity index (χ3n) is 2.89. The molecule has 0 radical (unpaired) electrons. The maximum absolute atomic E-state index is 13.8. The molecule has 0 fully saturated rings. The van der Waals surface area contributed by atoms with E-state index in [9.17, 15) is 4.39 Å². The van der Waals surface area contributed by atoms with Gasteiger partial charge in [-0.25, -0.2) is 9.07 Å². The summed E-state index contributed by atoms with van der Waals surface area (Å²) in [5.74, 6) is 0.682. The van der Waals surface area contributed by atoms with Gasteiger partial charge in [0, 0.05) is 0 Å². The summed E-state index contributed by atoms with van der Waals surface area (Å²) in [6, 6.07) is 7.91. The SMILES string of the molecule is OCc1ccc(CNc2cc(-n3cnnn3)ccc2F)o1. The van der Waals surface area contributed by atoms with Crippen LogP contribution in [0.4, 0.5) is 10.1 Å². The Kier molecular flexibility index (Phi) is 3.61. The van der Waals surface area contributed by atoms with Crippen molar-refractivity contribution in [2.24, 2.45) is 0 Å². The molecule has 1 aromatic carbocycles. The highest BCUT2D eigenvalue weighted by molar-refractivity contribution is 5.52. The van der Waals surface area contributed by atoms with Crippen molar-refractivity contribution in [2.45, 2.75) is 13.2 Å². The average molecular weight is 289 g/mol. The monoisotopic (exact) mass is 289 g/mol. The number of aliphatic hydroxyl groups is 1. The molecule has 0 aliphatic rings. The fraction of sp³-hybridized carbons (Fsp3) is 0.154. The summed E-state index contributed by atoms with van der Waals surface area (Å²) in [4.78, 5) is 0. The first-order valence-electron chi connectivity index (χ1n) is 6.21. The largest absolute Gasteiger partial charge is 0.462 e. The summed E-state index contributed by atoms with van der Waals surface area (Å²) in [6.45, 7) is 0.138. The molecule has 7 nitrogen and oxygen atoms in total. The van der Waals surface area contributed by atoms with Crippen molar-refractivity contribution in [1.82, 2.24) is 20.2 Å². The molecule has 0 unspecified atom stereocenters. The predicted octanol–water partition coefficient (Wildman–Crippen LogP) is 1.50. The summed E-state index contributed by atoms with van der Waals surface area (Å²) < 4.78 is 20.5. The molecule has 3 rings (SSSR count). The van der Waals surface area contributed by atoms with Gasteiger partial charge in [-0.05, 0) is 40.8 Å². The zero-order valence-corrected chi connectivity index (χ0v) is 10.9. The van der Waals surface area contributed by atoms with Crippen LogP contribution in [-0.4, -0.2) is 25.3 Å².